The van der Waals surface area contributed by atoms with E-state index < -0.39 is 0 Å². The molecular formula is C21H27N3O4. The van der Waals surface area contributed by atoms with Crippen LogP contribution in [0.4, 0.5) is 0 Å². The molecule has 0 spiro atoms. The van der Waals surface area contributed by atoms with Crippen molar-refractivity contribution in [3.05, 3.63) is 41.2 Å². The van der Waals surface area contributed by atoms with Crippen LogP contribution in [0, 0.1) is 12.8 Å². The fourth-order valence-corrected chi connectivity index (χ4v) is 3.84. The number of aromatic nitrogens is 1. The standard InChI is InChI=1S/C21H27N3O4/c1-13-11-17(13)19-5-3-16(27-19)4-6-20(25)24-9-7-15(8-10-24)22-21(26)18-12-14(2)28-23-18/h3,5,12-13,15,17H,4,6-11H2,1-2H3,(H,22,26)/t13-,17+/m1/s1. The molecule has 3 heterocycles. The Balaban J connectivity index is 1.19. The SMILES string of the molecule is Cc1cc(C(=O)NC2CCN(C(=O)CCc3ccc([C@H]4C[C@H]4C)o3)CC2)no1. The Labute approximate surface area is 164 Å². The summed E-state index contributed by atoms with van der Waals surface area (Å²) in [6.45, 7) is 5.30. The van der Waals surface area contributed by atoms with Gasteiger partial charge in [0.05, 0.1) is 0 Å². The normalized spacial score (nSPS) is 22.3. The van der Waals surface area contributed by atoms with Crippen LogP contribution < -0.4 is 5.32 Å². The minimum absolute atomic E-state index is 0.0571. The predicted molar refractivity (Wildman–Crippen MR) is 102 cm³/mol. The summed E-state index contributed by atoms with van der Waals surface area (Å²) in [5.41, 5.74) is 0.300. The van der Waals surface area contributed by atoms with Crippen LogP contribution in [0.25, 0.3) is 0 Å². The zero-order chi connectivity index (χ0) is 19.7. The third kappa shape index (κ3) is 4.29. The van der Waals surface area contributed by atoms with Crippen LogP contribution in [-0.2, 0) is 11.2 Å². The number of likely N-dealkylation sites (tertiary alicyclic amines) is 1. The molecule has 2 atom stereocenters. The number of hydrogen-bond donors (Lipinski definition) is 1. The first-order valence-electron chi connectivity index (χ1n) is 10.1. The van der Waals surface area contributed by atoms with E-state index in [0.717, 1.165) is 30.3 Å². The summed E-state index contributed by atoms with van der Waals surface area (Å²) in [4.78, 5) is 26.5. The van der Waals surface area contributed by atoms with Gasteiger partial charge < -0.3 is 19.2 Å². The van der Waals surface area contributed by atoms with Crippen LogP contribution in [-0.4, -0.2) is 41.0 Å². The fraction of sp³-hybridized carbons (Fsp3) is 0.571. The lowest BCUT2D eigenvalue weighted by Crippen LogP contribution is -2.46. The molecule has 0 aromatic carbocycles. The molecule has 1 saturated carbocycles. The van der Waals surface area contributed by atoms with Gasteiger partial charge in [0.1, 0.15) is 17.3 Å². The van der Waals surface area contributed by atoms with Crippen molar-refractivity contribution >= 4 is 11.8 Å². The number of aryl methyl sites for hydroxylation is 2. The van der Waals surface area contributed by atoms with Crippen molar-refractivity contribution in [1.82, 2.24) is 15.4 Å². The number of furan rings is 1. The Morgan fingerprint density at radius 2 is 2.04 bits per heavy atom. The summed E-state index contributed by atoms with van der Waals surface area (Å²) in [7, 11) is 0. The second-order valence-corrected chi connectivity index (χ2v) is 8.07. The number of rotatable bonds is 6. The van der Waals surface area contributed by atoms with E-state index in [4.69, 9.17) is 8.94 Å². The molecule has 150 valence electrons. The lowest BCUT2D eigenvalue weighted by molar-refractivity contribution is -0.132. The number of carbonyl (C=O) groups excluding carboxylic acids is 2. The highest BCUT2D eigenvalue weighted by molar-refractivity contribution is 5.92. The Morgan fingerprint density at radius 3 is 2.68 bits per heavy atom. The van der Waals surface area contributed by atoms with Gasteiger partial charge in [-0.05, 0) is 44.2 Å². The summed E-state index contributed by atoms with van der Waals surface area (Å²) in [5, 5.41) is 6.71. The monoisotopic (exact) mass is 385 g/mol. The zero-order valence-electron chi connectivity index (χ0n) is 16.4. The Kier molecular flexibility index (Phi) is 5.24. The lowest BCUT2D eigenvalue weighted by Gasteiger charge is -2.32. The van der Waals surface area contributed by atoms with Crippen molar-refractivity contribution in [2.24, 2.45) is 5.92 Å². The molecule has 1 aliphatic carbocycles. The molecular weight excluding hydrogens is 358 g/mol. The molecule has 28 heavy (non-hydrogen) atoms. The maximum atomic E-state index is 12.5. The molecule has 0 unspecified atom stereocenters. The number of carbonyl (C=O) groups is 2. The summed E-state index contributed by atoms with van der Waals surface area (Å²) >= 11 is 0. The topological polar surface area (TPSA) is 88.6 Å². The Morgan fingerprint density at radius 1 is 1.29 bits per heavy atom. The smallest absolute Gasteiger partial charge is 0.273 e. The van der Waals surface area contributed by atoms with Crippen molar-refractivity contribution in [2.75, 3.05) is 13.1 Å². The second kappa shape index (κ2) is 7.81. The molecule has 0 radical (unpaired) electrons. The van der Waals surface area contributed by atoms with Gasteiger partial charge in [-0.25, -0.2) is 0 Å². The number of nitrogens with zero attached hydrogens (tertiary/aromatic N) is 2. The van der Waals surface area contributed by atoms with Crippen LogP contribution >= 0.6 is 0 Å². The van der Waals surface area contributed by atoms with Crippen LogP contribution in [0.3, 0.4) is 0 Å². The minimum Gasteiger partial charge on any atom is -0.466 e. The molecule has 1 aliphatic heterocycles. The fourth-order valence-electron chi connectivity index (χ4n) is 3.84. The molecule has 2 fully saturated rings. The van der Waals surface area contributed by atoms with Crippen LogP contribution in [0.15, 0.2) is 27.1 Å². The predicted octanol–water partition coefficient (Wildman–Crippen LogP) is 3.05. The average Bonchev–Trinajstić information content (AvgIpc) is 3.08. The van der Waals surface area contributed by atoms with Crippen LogP contribution in [0.5, 0.6) is 0 Å². The van der Waals surface area contributed by atoms with E-state index in [1.54, 1.807) is 13.0 Å². The number of nitrogens with one attached hydrogen (secondary N) is 1. The molecule has 2 aromatic rings. The maximum Gasteiger partial charge on any atom is 0.273 e. The first-order chi connectivity index (χ1) is 13.5. The van der Waals surface area contributed by atoms with Gasteiger partial charge in [0, 0.05) is 44.0 Å². The summed E-state index contributed by atoms with van der Waals surface area (Å²) in [6.07, 6.45) is 3.80. The van der Waals surface area contributed by atoms with Crippen molar-refractivity contribution < 1.29 is 18.5 Å². The van der Waals surface area contributed by atoms with Gasteiger partial charge in [-0.3, -0.25) is 9.59 Å². The van der Waals surface area contributed by atoms with Crippen molar-refractivity contribution in [3.63, 3.8) is 0 Å². The molecule has 0 bridgehead atoms. The number of hydrogen-bond acceptors (Lipinski definition) is 5. The quantitative estimate of drug-likeness (QED) is 0.826. The molecule has 2 amide bonds. The molecule has 7 heteroatoms. The first kappa shape index (κ1) is 18.8. The van der Waals surface area contributed by atoms with Crippen molar-refractivity contribution in [1.29, 1.82) is 0 Å². The summed E-state index contributed by atoms with van der Waals surface area (Å²) in [5.74, 6) is 3.78. The highest BCUT2D eigenvalue weighted by Gasteiger charge is 2.36. The van der Waals surface area contributed by atoms with Gasteiger partial charge in [-0.15, -0.1) is 0 Å². The van der Waals surface area contributed by atoms with Crippen molar-refractivity contribution in [2.45, 2.75) is 57.9 Å². The molecule has 2 aliphatic rings. The summed E-state index contributed by atoms with van der Waals surface area (Å²) < 4.78 is 10.8. The van der Waals surface area contributed by atoms with Crippen molar-refractivity contribution in [3.8, 4) is 0 Å². The van der Waals surface area contributed by atoms with Gasteiger partial charge >= 0.3 is 0 Å². The van der Waals surface area contributed by atoms with E-state index >= 15 is 0 Å². The van der Waals surface area contributed by atoms with Gasteiger partial charge in [0.25, 0.3) is 5.91 Å². The molecule has 2 aromatic heterocycles. The largest absolute Gasteiger partial charge is 0.466 e. The highest BCUT2D eigenvalue weighted by atomic mass is 16.5. The highest BCUT2D eigenvalue weighted by Crippen LogP contribution is 2.47. The Hall–Kier alpha value is -2.57. The van der Waals surface area contributed by atoms with E-state index in [1.165, 1.54) is 6.42 Å². The lowest BCUT2D eigenvalue weighted by atomic mass is 10.0. The van der Waals surface area contributed by atoms with E-state index in [1.807, 2.05) is 11.0 Å². The van der Waals surface area contributed by atoms with Gasteiger partial charge in [0.2, 0.25) is 5.91 Å². The average molecular weight is 385 g/mol. The molecule has 7 nitrogen and oxygen atoms in total. The molecule has 4 rings (SSSR count). The van der Waals surface area contributed by atoms with Gasteiger partial charge in [-0.2, -0.15) is 0 Å². The van der Waals surface area contributed by atoms with Crippen LogP contribution in [0.2, 0.25) is 0 Å². The minimum atomic E-state index is -0.222. The third-order valence-corrected chi connectivity index (χ3v) is 5.79. The zero-order valence-corrected chi connectivity index (χ0v) is 16.4. The summed E-state index contributed by atoms with van der Waals surface area (Å²) in [6, 6.07) is 5.74. The van der Waals surface area contributed by atoms with E-state index in [9.17, 15) is 9.59 Å². The molecule has 1 N–H and O–H groups in total. The third-order valence-electron chi connectivity index (χ3n) is 5.79. The van der Waals surface area contributed by atoms with E-state index in [-0.39, 0.29) is 17.9 Å². The molecule has 1 saturated heterocycles. The second-order valence-electron chi connectivity index (χ2n) is 8.07. The van der Waals surface area contributed by atoms with Crippen LogP contribution in [0.1, 0.15) is 66.3 Å². The number of amides is 2. The Bertz CT molecular complexity index is 847. The van der Waals surface area contributed by atoms with Gasteiger partial charge in [-0.1, -0.05) is 12.1 Å². The van der Waals surface area contributed by atoms with E-state index in [0.29, 0.717) is 43.3 Å². The first-order valence-corrected chi connectivity index (χ1v) is 10.1. The maximum absolute atomic E-state index is 12.5. The van der Waals surface area contributed by atoms with E-state index in [2.05, 4.69) is 23.5 Å². The number of piperidine rings is 1. The van der Waals surface area contributed by atoms with Gasteiger partial charge in [0.15, 0.2) is 5.69 Å².